The van der Waals surface area contributed by atoms with E-state index in [1.54, 1.807) is 16.8 Å². The number of aromatic nitrogens is 4. The molecule has 106 valence electrons. The molecule has 0 aliphatic heterocycles. The van der Waals surface area contributed by atoms with Crippen molar-refractivity contribution in [2.24, 2.45) is 0 Å². The van der Waals surface area contributed by atoms with Crippen LogP contribution in [0.25, 0.3) is 16.7 Å². The maximum atomic E-state index is 11.0. The maximum Gasteiger partial charge on any atom is 0.335 e. The molecule has 0 aliphatic rings. The van der Waals surface area contributed by atoms with E-state index in [1.165, 1.54) is 12.4 Å². The highest BCUT2D eigenvalue weighted by Crippen LogP contribution is 2.20. The van der Waals surface area contributed by atoms with Gasteiger partial charge in [0.1, 0.15) is 6.33 Å². The minimum Gasteiger partial charge on any atom is -0.478 e. The van der Waals surface area contributed by atoms with E-state index in [-0.39, 0.29) is 5.56 Å². The first-order chi connectivity index (χ1) is 10.1. The quantitative estimate of drug-likeness (QED) is 0.798. The molecule has 2 heterocycles. The van der Waals surface area contributed by atoms with E-state index in [9.17, 15) is 4.79 Å². The van der Waals surface area contributed by atoms with Crippen molar-refractivity contribution in [3.63, 3.8) is 0 Å². The second kappa shape index (κ2) is 4.97. The van der Waals surface area contributed by atoms with Gasteiger partial charge in [0.15, 0.2) is 5.82 Å². The fraction of sp³-hybridized carbons (Fsp3) is 0.200. The Morgan fingerprint density at radius 3 is 2.71 bits per heavy atom. The van der Waals surface area contributed by atoms with Crippen LogP contribution < -0.4 is 0 Å². The van der Waals surface area contributed by atoms with Crippen LogP contribution in [0.1, 0.15) is 35.8 Å². The normalized spacial score (nSPS) is 11.2. The van der Waals surface area contributed by atoms with E-state index in [1.807, 2.05) is 12.3 Å². The van der Waals surface area contributed by atoms with E-state index in [0.29, 0.717) is 17.3 Å². The maximum absolute atomic E-state index is 11.0. The molecule has 0 atom stereocenters. The average molecular weight is 282 g/mol. The van der Waals surface area contributed by atoms with E-state index >= 15 is 0 Å². The molecule has 0 spiro atoms. The van der Waals surface area contributed by atoms with Crippen LogP contribution in [0.4, 0.5) is 0 Å². The van der Waals surface area contributed by atoms with Gasteiger partial charge < -0.3 is 5.11 Å². The van der Waals surface area contributed by atoms with E-state index < -0.39 is 5.97 Å². The van der Waals surface area contributed by atoms with E-state index in [4.69, 9.17) is 5.11 Å². The van der Waals surface area contributed by atoms with Gasteiger partial charge in [-0.3, -0.25) is 0 Å². The van der Waals surface area contributed by atoms with Gasteiger partial charge in [-0.05, 0) is 30.2 Å². The summed E-state index contributed by atoms with van der Waals surface area (Å²) in [5.74, 6) is 0.0000451. The summed E-state index contributed by atoms with van der Waals surface area (Å²) in [6.45, 7) is 4.15. The fourth-order valence-corrected chi connectivity index (χ4v) is 2.12. The average Bonchev–Trinajstić information content (AvgIpc) is 2.95. The zero-order chi connectivity index (χ0) is 15.0. The van der Waals surface area contributed by atoms with Gasteiger partial charge in [-0.25, -0.2) is 19.4 Å². The summed E-state index contributed by atoms with van der Waals surface area (Å²) in [6, 6.07) is 6.75. The predicted molar refractivity (Wildman–Crippen MR) is 77.7 cm³/mol. The highest BCUT2D eigenvalue weighted by Gasteiger charge is 2.11. The Morgan fingerprint density at radius 1 is 1.24 bits per heavy atom. The van der Waals surface area contributed by atoms with Gasteiger partial charge in [0, 0.05) is 11.6 Å². The zero-order valence-corrected chi connectivity index (χ0v) is 11.7. The Labute approximate surface area is 121 Å². The van der Waals surface area contributed by atoms with Gasteiger partial charge in [-0.2, -0.15) is 5.10 Å². The van der Waals surface area contributed by atoms with Crippen LogP contribution in [0, 0.1) is 0 Å². The van der Waals surface area contributed by atoms with Gasteiger partial charge in [0.25, 0.3) is 0 Å². The molecule has 0 fully saturated rings. The number of carboxylic acid groups (broad SMARTS) is 1. The first-order valence-corrected chi connectivity index (χ1v) is 6.60. The van der Waals surface area contributed by atoms with Crippen molar-refractivity contribution in [3.8, 4) is 5.82 Å². The molecule has 1 N–H and O–H groups in total. The minimum absolute atomic E-state index is 0.204. The highest BCUT2D eigenvalue weighted by atomic mass is 16.4. The fourth-order valence-electron chi connectivity index (χ4n) is 2.12. The molecule has 3 aromatic rings. The number of carboxylic acids is 1. The Balaban J connectivity index is 2.16. The summed E-state index contributed by atoms with van der Waals surface area (Å²) in [4.78, 5) is 19.4. The number of fused-ring (bicyclic) bond motifs is 1. The molecule has 6 nitrogen and oxygen atoms in total. The molecule has 0 radical (unpaired) electrons. The van der Waals surface area contributed by atoms with Crippen LogP contribution in [0.3, 0.4) is 0 Å². The molecular formula is C15H14N4O2. The molecular weight excluding hydrogens is 268 g/mol. The largest absolute Gasteiger partial charge is 0.478 e. The summed E-state index contributed by atoms with van der Waals surface area (Å²) < 4.78 is 1.69. The molecule has 0 bridgehead atoms. The second-order valence-corrected chi connectivity index (χ2v) is 5.07. The van der Waals surface area contributed by atoms with Crippen molar-refractivity contribution in [2.75, 3.05) is 0 Å². The smallest absolute Gasteiger partial charge is 0.335 e. The lowest BCUT2D eigenvalue weighted by atomic mass is 10.1. The van der Waals surface area contributed by atoms with Crippen LogP contribution >= 0.6 is 0 Å². The number of aromatic carboxylic acids is 1. The SMILES string of the molecule is CC(C)c1ccn(-c2ncnc3cc(C(=O)O)ccc23)n1. The summed E-state index contributed by atoms with van der Waals surface area (Å²) in [6.07, 6.45) is 3.27. The standard InChI is InChI=1S/C15H14N4O2/c1-9(2)12-5-6-19(18-12)14-11-4-3-10(15(20)21)7-13(11)16-8-17-14/h3-9H,1-2H3,(H,20,21). The lowest BCUT2D eigenvalue weighted by molar-refractivity contribution is 0.0697. The Hall–Kier alpha value is -2.76. The van der Waals surface area contributed by atoms with Crippen LogP contribution in [0.2, 0.25) is 0 Å². The minimum atomic E-state index is -0.974. The van der Waals surface area contributed by atoms with Crippen molar-refractivity contribution in [1.29, 1.82) is 0 Å². The Morgan fingerprint density at radius 2 is 2.05 bits per heavy atom. The number of hydrogen-bond acceptors (Lipinski definition) is 4. The summed E-state index contributed by atoms with van der Waals surface area (Å²) >= 11 is 0. The lowest BCUT2D eigenvalue weighted by Gasteiger charge is -2.06. The predicted octanol–water partition coefficient (Wildman–Crippen LogP) is 2.64. The molecule has 1 aromatic carbocycles. The Bertz CT molecular complexity index is 823. The van der Waals surface area contributed by atoms with Crippen molar-refractivity contribution < 1.29 is 9.90 Å². The number of nitrogens with zero attached hydrogens (tertiary/aromatic N) is 4. The van der Waals surface area contributed by atoms with Crippen molar-refractivity contribution in [1.82, 2.24) is 19.7 Å². The summed E-state index contributed by atoms with van der Waals surface area (Å²) in [7, 11) is 0. The molecule has 0 saturated heterocycles. The van der Waals surface area contributed by atoms with Gasteiger partial charge >= 0.3 is 5.97 Å². The molecule has 3 rings (SSSR count). The van der Waals surface area contributed by atoms with Crippen molar-refractivity contribution >= 4 is 16.9 Å². The van der Waals surface area contributed by atoms with E-state index in [0.717, 1.165) is 11.1 Å². The number of benzene rings is 1. The van der Waals surface area contributed by atoms with Crippen molar-refractivity contribution in [2.45, 2.75) is 19.8 Å². The van der Waals surface area contributed by atoms with Crippen LogP contribution in [0.15, 0.2) is 36.8 Å². The molecule has 0 aliphatic carbocycles. The highest BCUT2D eigenvalue weighted by molar-refractivity contribution is 5.94. The van der Waals surface area contributed by atoms with Crippen LogP contribution in [0.5, 0.6) is 0 Å². The third-order valence-electron chi connectivity index (χ3n) is 3.28. The van der Waals surface area contributed by atoms with Gasteiger partial charge in [-0.1, -0.05) is 13.8 Å². The van der Waals surface area contributed by atoms with Gasteiger partial charge in [-0.15, -0.1) is 0 Å². The van der Waals surface area contributed by atoms with Gasteiger partial charge in [0.2, 0.25) is 0 Å². The third kappa shape index (κ3) is 2.35. The second-order valence-electron chi connectivity index (χ2n) is 5.07. The number of carbonyl (C=O) groups is 1. The van der Waals surface area contributed by atoms with Crippen molar-refractivity contribution in [3.05, 3.63) is 48.0 Å². The molecule has 0 saturated carbocycles. The summed E-state index contributed by atoms with van der Waals surface area (Å²) in [5, 5.41) is 14.3. The molecule has 0 unspecified atom stereocenters. The molecule has 21 heavy (non-hydrogen) atoms. The Kier molecular flexibility index (Phi) is 3.13. The number of hydrogen-bond donors (Lipinski definition) is 1. The molecule has 0 amide bonds. The topological polar surface area (TPSA) is 80.9 Å². The van der Waals surface area contributed by atoms with E-state index in [2.05, 4.69) is 28.9 Å². The first kappa shape index (κ1) is 13.2. The van der Waals surface area contributed by atoms with Crippen LogP contribution in [-0.2, 0) is 0 Å². The first-order valence-electron chi connectivity index (χ1n) is 6.60. The number of rotatable bonds is 3. The molecule has 2 aromatic heterocycles. The van der Waals surface area contributed by atoms with Crippen LogP contribution in [-0.4, -0.2) is 30.8 Å². The monoisotopic (exact) mass is 282 g/mol. The van der Waals surface area contributed by atoms with Gasteiger partial charge in [0.05, 0.1) is 16.8 Å². The lowest BCUT2D eigenvalue weighted by Crippen LogP contribution is -2.03. The third-order valence-corrected chi connectivity index (χ3v) is 3.28. The molecule has 6 heteroatoms. The summed E-state index contributed by atoms with van der Waals surface area (Å²) in [5.41, 5.74) is 1.76. The zero-order valence-electron chi connectivity index (χ0n) is 11.7.